The Hall–Kier alpha value is -2.40. The number of aryl methyl sites for hydroxylation is 1. The number of aromatic hydroxyl groups is 1. The molecule has 1 aliphatic heterocycles. The minimum atomic E-state index is -0.809. The van der Waals surface area contributed by atoms with E-state index >= 15 is 0 Å². The van der Waals surface area contributed by atoms with Gasteiger partial charge in [0.2, 0.25) is 0 Å². The van der Waals surface area contributed by atoms with Crippen LogP contribution in [0.2, 0.25) is 0 Å². The van der Waals surface area contributed by atoms with Crippen molar-refractivity contribution in [3.8, 4) is 23.3 Å². The number of piperidine rings is 1. The maximum atomic E-state index is 13.1. The number of methoxy groups -OCH3 is 1. The number of rotatable bonds is 10. The SMILES string of the molecule is COc1cc2c(cc1O)[C@H](CCCO)C#C[C@H]([C@H](O)CCCC[C@@H]1CN[C@@H]3CC(=O)CC[C@@H]3C1)C(=O)CC2. The van der Waals surface area contributed by atoms with E-state index in [4.69, 9.17) is 4.74 Å². The van der Waals surface area contributed by atoms with Crippen LogP contribution < -0.4 is 10.1 Å². The first-order chi connectivity index (χ1) is 18.4. The second-order valence-corrected chi connectivity index (χ2v) is 11.4. The molecule has 0 spiro atoms. The minimum Gasteiger partial charge on any atom is -0.504 e. The van der Waals surface area contributed by atoms with E-state index in [-0.39, 0.29) is 30.5 Å². The van der Waals surface area contributed by atoms with Crippen molar-refractivity contribution in [2.45, 2.75) is 95.1 Å². The third kappa shape index (κ3) is 7.16. The van der Waals surface area contributed by atoms with Gasteiger partial charge < -0.3 is 25.4 Å². The molecule has 7 heteroatoms. The maximum Gasteiger partial charge on any atom is 0.160 e. The number of phenolic OH excluding ortho intramolecular Hbond substituents is 1. The highest BCUT2D eigenvalue weighted by molar-refractivity contribution is 5.85. The van der Waals surface area contributed by atoms with Crippen molar-refractivity contribution < 1.29 is 29.6 Å². The molecule has 7 nitrogen and oxygen atoms in total. The first kappa shape index (κ1) is 28.6. The van der Waals surface area contributed by atoms with E-state index in [0.29, 0.717) is 61.5 Å². The number of hydrogen-bond donors (Lipinski definition) is 4. The summed E-state index contributed by atoms with van der Waals surface area (Å²) in [5.41, 5.74) is 1.77. The van der Waals surface area contributed by atoms with Crippen LogP contribution in [-0.2, 0) is 16.0 Å². The number of unbranched alkanes of at least 4 members (excludes halogenated alkanes) is 1. The van der Waals surface area contributed by atoms with Gasteiger partial charge in [-0.3, -0.25) is 9.59 Å². The number of benzene rings is 1. The van der Waals surface area contributed by atoms with Crippen LogP contribution in [-0.4, -0.2) is 59.3 Å². The van der Waals surface area contributed by atoms with Gasteiger partial charge in [-0.15, -0.1) is 0 Å². The predicted octanol–water partition coefficient (Wildman–Crippen LogP) is 3.66. The Balaban J connectivity index is 1.34. The topological polar surface area (TPSA) is 116 Å². The zero-order valence-electron chi connectivity index (χ0n) is 22.6. The van der Waals surface area contributed by atoms with Crippen molar-refractivity contribution in [3.05, 3.63) is 23.3 Å². The van der Waals surface area contributed by atoms with E-state index in [1.807, 2.05) is 0 Å². The quantitative estimate of drug-likeness (QED) is 0.272. The number of carbonyl (C=O) groups excluding carboxylic acids is 2. The minimum absolute atomic E-state index is 0.0323. The molecule has 1 saturated heterocycles. The molecule has 3 aliphatic rings. The number of ether oxygens (including phenoxy) is 1. The van der Waals surface area contributed by atoms with Crippen molar-refractivity contribution in [1.82, 2.24) is 5.32 Å². The zero-order valence-corrected chi connectivity index (χ0v) is 22.6. The van der Waals surface area contributed by atoms with Gasteiger partial charge in [-0.1, -0.05) is 24.7 Å². The van der Waals surface area contributed by atoms with Gasteiger partial charge in [-0.25, -0.2) is 0 Å². The second kappa shape index (κ2) is 13.6. The Morgan fingerprint density at radius 2 is 1.95 bits per heavy atom. The molecule has 1 saturated carbocycles. The highest BCUT2D eigenvalue weighted by atomic mass is 16.5. The molecule has 1 heterocycles. The Morgan fingerprint density at radius 1 is 1.11 bits per heavy atom. The third-order valence-corrected chi connectivity index (χ3v) is 8.73. The number of phenols is 1. The van der Waals surface area contributed by atoms with Gasteiger partial charge in [-0.2, -0.15) is 0 Å². The number of carbonyl (C=O) groups is 2. The number of ketones is 2. The molecule has 6 atom stereocenters. The van der Waals surface area contributed by atoms with Crippen molar-refractivity contribution in [2.24, 2.45) is 17.8 Å². The summed E-state index contributed by atoms with van der Waals surface area (Å²) in [4.78, 5) is 24.9. The molecule has 2 aliphatic carbocycles. The summed E-state index contributed by atoms with van der Waals surface area (Å²) in [5, 5.41) is 34.4. The van der Waals surface area contributed by atoms with Gasteiger partial charge >= 0.3 is 0 Å². The lowest BCUT2D eigenvalue weighted by Gasteiger charge is -2.39. The second-order valence-electron chi connectivity index (χ2n) is 11.4. The van der Waals surface area contributed by atoms with E-state index in [1.165, 1.54) is 13.5 Å². The molecule has 0 unspecified atom stereocenters. The zero-order chi connectivity index (χ0) is 27.1. The van der Waals surface area contributed by atoms with E-state index in [9.17, 15) is 24.9 Å². The molecule has 208 valence electrons. The number of fused-ring (bicyclic) bond motifs is 2. The molecular formula is C31H43NO6. The number of aliphatic hydroxyl groups excluding tert-OH is 2. The first-order valence-corrected chi connectivity index (χ1v) is 14.4. The number of nitrogens with one attached hydrogen (secondary N) is 1. The summed E-state index contributed by atoms with van der Waals surface area (Å²) in [5.74, 6) is 7.29. The van der Waals surface area contributed by atoms with Crippen molar-refractivity contribution in [1.29, 1.82) is 0 Å². The Morgan fingerprint density at radius 3 is 2.74 bits per heavy atom. The van der Waals surface area contributed by atoms with Crippen LogP contribution in [0.5, 0.6) is 11.5 Å². The van der Waals surface area contributed by atoms with E-state index < -0.39 is 12.0 Å². The number of Topliss-reactive ketones (excluding diaryl/α,β-unsaturated/α-hetero) is 2. The molecule has 2 fully saturated rings. The average molecular weight is 526 g/mol. The van der Waals surface area contributed by atoms with Crippen LogP contribution in [0.25, 0.3) is 0 Å². The van der Waals surface area contributed by atoms with Crippen LogP contribution >= 0.6 is 0 Å². The number of hydrogen-bond acceptors (Lipinski definition) is 7. The van der Waals surface area contributed by atoms with Crippen LogP contribution in [0.3, 0.4) is 0 Å². The van der Waals surface area contributed by atoms with Gasteiger partial charge in [-0.05, 0) is 86.6 Å². The molecule has 1 aromatic rings. The van der Waals surface area contributed by atoms with Crippen LogP contribution in [0.1, 0.15) is 87.7 Å². The van der Waals surface area contributed by atoms with Crippen LogP contribution in [0.4, 0.5) is 0 Å². The smallest absolute Gasteiger partial charge is 0.160 e. The molecule has 0 amide bonds. The third-order valence-electron chi connectivity index (χ3n) is 8.73. The summed E-state index contributed by atoms with van der Waals surface area (Å²) in [7, 11) is 1.50. The van der Waals surface area contributed by atoms with Crippen molar-refractivity contribution in [3.63, 3.8) is 0 Å². The number of aliphatic hydroxyl groups is 2. The fourth-order valence-corrected chi connectivity index (χ4v) is 6.51. The van der Waals surface area contributed by atoms with Crippen molar-refractivity contribution >= 4 is 11.6 Å². The van der Waals surface area contributed by atoms with Crippen LogP contribution in [0.15, 0.2) is 12.1 Å². The van der Waals surface area contributed by atoms with Crippen molar-refractivity contribution in [2.75, 3.05) is 20.3 Å². The fraction of sp³-hybridized carbons (Fsp3) is 0.677. The summed E-state index contributed by atoms with van der Waals surface area (Å²) >= 11 is 0. The largest absolute Gasteiger partial charge is 0.504 e. The van der Waals surface area contributed by atoms with E-state index in [2.05, 4.69) is 17.2 Å². The normalized spacial score (nSPS) is 28.1. The summed E-state index contributed by atoms with van der Waals surface area (Å²) in [6.45, 7) is 0.996. The predicted molar refractivity (Wildman–Crippen MR) is 145 cm³/mol. The van der Waals surface area contributed by atoms with E-state index in [0.717, 1.165) is 49.8 Å². The highest BCUT2D eigenvalue weighted by Gasteiger charge is 2.34. The molecular weight excluding hydrogens is 482 g/mol. The lowest BCUT2D eigenvalue weighted by Crippen LogP contribution is -2.48. The lowest BCUT2D eigenvalue weighted by atomic mass is 9.74. The molecule has 4 N–H and O–H groups in total. The summed E-state index contributed by atoms with van der Waals surface area (Å²) in [6.07, 6.45) is 8.14. The maximum absolute atomic E-state index is 13.1. The van der Waals surface area contributed by atoms with E-state index in [1.54, 1.807) is 12.1 Å². The standard InChI is InChI=1S/C31H43NO6/c1-38-31-16-22-10-13-29(36)25(12-9-21(6-4-14-33)26(22)18-30(31)37)28(35)7-3-2-5-20-15-23-8-11-24(34)17-27(23)32-19-20/h16,18,20-21,23,25,27-28,32-33,35,37H,2-8,10-11,13-15,17,19H2,1H3/t20-,21+,23+,25+,27+,28+/m0/s1. The Kier molecular flexibility index (Phi) is 10.2. The molecule has 1 aromatic carbocycles. The molecule has 0 aromatic heterocycles. The van der Waals surface area contributed by atoms with Crippen LogP contribution in [0, 0.1) is 29.6 Å². The molecule has 0 bridgehead atoms. The lowest BCUT2D eigenvalue weighted by molar-refractivity contribution is -0.124. The fourth-order valence-electron chi connectivity index (χ4n) is 6.51. The van der Waals surface area contributed by atoms with Gasteiger partial charge in [0.15, 0.2) is 17.3 Å². The Bertz CT molecular complexity index is 1040. The van der Waals surface area contributed by atoms with Gasteiger partial charge in [0.1, 0.15) is 11.7 Å². The summed E-state index contributed by atoms with van der Waals surface area (Å²) in [6, 6.07) is 3.80. The monoisotopic (exact) mass is 525 g/mol. The molecule has 38 heavy (non-hydrogen) atoms. The van der Waals surface area contributed by atoms with Gasteiger partial charge in [0.05, 0.1) is 13.2 Å². The van der Waals surface area contributed by atoms with Gasteiger partial charge in [0, 0.05) is 37.8 Å². The molecule has 0 radical (unpaired) electrons. The highest BCUT2D eigenvalue weighted by Crippen LogP contribution is 2.37. The molecule has 4 rings (SSSR count). The van der Waals surface area contributed by atoms with Gasteiger partial charge in [0.25, 0.3) is 0 Å². The Labute approximate surface area is 226 Å². The first-order valence-electron chi connectivity index (χ1n) is 14.4. The summed E-state index contributed by atoms with van der Waals surface area (Å²) < 4.78 is 5.28. The average Bonchev–Trinajstić information content (AvgIpc) is 2.97.